The van der Waals surface area contributed by atoms with Crippen LogP contribution in [0.1, 0.15) is 11.8 Å². The predicted octanol–water partition coefficient (Wildman–Crippen LogP) is 2.15. The number of nitrogens with two attached hydrogens (primary N) is 1. The Hall–Kier alpha value is -2.26. The molecule has 1 aliphatic rings. The molecular formula is C16H16ClN5O3. The standard InChI is InChI=1S/C16H16ClN5O3/c17-14-13-15(21-16(18)20-14)22(9-19-13)11-7-24-12(25-11)8-23-6-10-4-2-1-3-5-10/h1-5,9,11-12H,6-8H2,(H2,18,20,21). The molecule has 25 heavy (non-hydrogen) atoms. The molecule has 0 aliphatic carbocycles. The SMILES string of the molecule is Nc1nc(Cl)c2ncn(C3COC(COCc4ccccc4)O3)c2n1. The zero-order chi connectivity index (χ0) is 17.2. The van der Waals surface area contributed by atoms with Gasteiger partial charge < -0.3 is 19.9 Å². The molecule has 0 amide bonds. The molecule has 2 atom stereocenters. The highest BCUT2D eigenvalue weighted by molar-refractivity contribution is 6.33. The first-order valence-electron chi connectivity index (χ1n) is 7.75. The summed E-state index contributed by atoms with van der Waals surface area (Å²) in [6, 6.07) is 9.92. The van der Waals surface area contributed by atoms with E-state index < -0.39 is 6.29 Å². The van der Waals surface area contributed by atoms with Gasteiger partial charge in [0.05, 0.1) is 26.1 Å². The molecule has 2 unspecified atom stereocenters. The molecule has 1 aliphatic heterocycles. The molecule has 2 aromatic heterocycles. The van der Waals surface area contributed by atoms with Crippen molar-refractivity contribution in [1.82, 2.24) is 19.5 Å². The van der Waals surface area contributed by atoms with Gasteiger partial charge in [0.25, 0.3) is 0 Å². The van der Waals surface area contributed by atoms with Crippen LogP contribution in [0.25, 0.3) is 11.2 Å². The number of hydrogen-bond acceptors (Lipinski definition) is 7. The second-order valence-corrected chi connectivity index (χ2v) is 5.91. The van der Waals surface area contributed by atoms with Crippen LogP contribution in [0.4, 0.5) is 5.95 Å². The molecule has 8 nitrogen and oxygen atoms in total. The first-order chi connectivity index (χ1) is 12.2. The lowest BCUT2D eigenvalue weighted by Gasteiger charge is -2.13. The average molecular weight is 362 g/mol. The Kier molecular flexibility index (Phi) is 4.50. The fourth-order valence-corrected chi connectivity index (χ4v) is 2.85. The van der Waals surface area contributed by atoms with E-state index in [1.165, 1.54) is 0 Å². The average Bonchev–Trinajstić information content (AvgIpc) is 3.22. The molecule has 0 bridgehead atoms. The zero-order valence-electron chi connectivity index (χ0n) is 13.2. The molecule has 1 fully saturated rings. The first-order valence-corrected chi connectivity index (χ1v) is 8.13. The van der Waals surface area contributed by atoms with Crippen LogP contribution in [-0.2, 0) is 20.8 Å². The number of halogens is 1. The molecule has 0 spiro atoms. The van der Waals surface area contributed by atoms with Crippen molar-refractivity contribution in [2.24, 2.45) is 0 Å². The monoisotopic (exact) mass is 361 g/mol. The highest BCUT2D eigenvalue weighted by atomic mass is 35.5. The van der Waals surface area contributed by atoms with Gasteiger partial charge in [-0.2, -0.15) is 9.97 Å². The molecule has 3 aromatic rings. The van der Waals surface area contributed by atoms with Crippen LogP contribution in [0.15, 0.2) is 36.7 Å². The van der Waals surface area contributed by atoms with Gasteiger partial charge in [-0.3, -0.25) is 4.57 Å². The molecule has 0 radical (unpaired) electrons. The van der Waals surface area contributed by atoms with Crippen molar-refractivity contribution in [2.45, 2.75) is 19.1 Å². The van der Waals surface area contributed by atoms with E-state index in [1.807, 2.05) is 30.3 Å². The van der Waals surface area contributed by atoms with Crippen molar-refractivity contribution in [2.75, 3.05) is 18.9 Å². The molecule has 1 saturated heterocycles. The molecule has 130 valence electrons. The number of aromatic nitrogens is 4. The van der Waals surface area contributed by atoms with Crippen LogP contribution in [0, 0.1) is 0 Å². The summed E-state index contributed by atoms with van der Waals surface area (Å²) in [4.78, 5) is 12.3. The number of ether oxygens (including phenoxy) is 3. The minimum Gasteiger partial charge on any atom is -0.371 e. The lowest BCUT2D eigenvalue weighted by Crippen LogP contribution is -2.17. The smallest absolute Gasteiger partial charge is 0.223 e. The number of anilines is 1. The molecular weight excluding hydrogens is 346 g/mol. The van der Waals surface area contributed by atoms with E-state index >= 15 is 0 Å². The summed E-state index contributed by atoms with van der Waals surface area (Å²) < 4.78 is 18.9. The fourth-order valence-electron chi connectivity index (χ4n) is 2.63. The number of hydrogen-bond donors (Lipinski definition) is 1. The summed E-state index contributed by atoms with van der Waals surface area (Å²) in [7, 11) is 0. The van der Waals surface area contributed by atoms with E-state index in [0.717, 1.165) is 5.56 Å². The van der Waals surface area contributed by atoms with Crippen LogP contribution in [0.2, 0.25) is 5.15 Å². The summed E-state index contributed by atoms with van der Waals surface area (Å²) in [6.07, 6.45) is 0.757. The third kappa shape index (κ3) is 3.42. The Labute approximate surface area is 148 Å². The highest BCUT2D eigenvalue weighted by Crippen LogP contribution is 2.27. The van der Waals surface area contributed by atoms with Gasteiger partial charge in [-0.1, -0.05) is 41.9 Å². The maximum atomic E-state index is 6.04. The maximum absolute atomic E-state index is 6.04. The van der Waals surface area contributed by atoms with Crippen LogP contribution < -0.4 is 5.73 Å². The lowest BCUT2D eigenvalue weighted by atomic mass is 10.2. The molecule has 9 heteroatoms. The quantitative estimate of drug-likeness (QED) is 0.695. The number of nitrogens with zero attached hydrogens (tertiary/aromatic N) is 4. The lowest BCUT2D eigenvalue weighted by molar-refractivity contribution is -0.117. The van der Waals surface area contributed by atoms with Gasteiger partial charge in [-0.05, 0) is 5.56 Å². The predicted molar refractivity (Wildman–Crippen MR) is 90.7 cm³/mol. The molecule has 0 saturated carbocycles. The summed E-state index contributed by atoms with van der Waals surface area (Å²) in [5.41, 5.74) is 7.74. The Balaban J connectivity index is 1.39. The van der Waals surface area contributed by atoms with Crippen LogP contribution in [0.3, 0.4) is 0 Å². The van der Waals surface area contributed by atoms with Crippen molar-refractivity contribution in [3.63, 3.8) is 0 Å². The third-order valence-electron chi connectivity index (χ3n) is 3.81. The van der Waals surface area contributed by atoms with Crippen LogP contribution >= 0.6 is 11.6 Å². The summed E-state index contributed by atoms with van der Waals surface area (Å²) >= 11 is 6.04. The van der Waals surface area contributed by atoms with E-state index in [2.05, 4.69) is 15.0 Å². The number of fused-ring (bicyclic) bond motifs is 1. The first kappa shape index (κ1) is 16.2. The number of imidazole rings is 1. The van der Waals surface area contributed by atoms with Crippen molar-refractivity contribution in [3.05, 3.63) is 47.4 Å². The van der Waals surface area contributed by atoms with Gasteiger partial charge in [-0.15, -0.1) is 0 Å². The van der Waals surface area contributed by atoms with Crippen molar-refractivity contribution in [1.29, 1.82) is 0 Å². The summed E-state index contributed by atoms with van der Waals surface area (Å²) in [5.74, 6) is 0.0842. The van der Waals surface area contributed by atoms with Gasteiger partial charge in [0.2, 0.25) is 5.95 Å². The number of nitrogen functional groups attached to an aromatic ring is 1. The van der Waals surface area contributed by atoms with Crippen LogP contribution in [-0.4, -0.2) is 39.0 Å². The van der Waals surface area contributed by atoms with Crippen molar-refractivity contribution in [3.8, 4) is 0 Å². The van der Waals surface area contributed by atoms with Gasteiger partial charge in [-0.25, -0.2) is 4.98 Å². The van der Waals surface area contributed by atoms with Gasteiger partial charge in [0.1, 0.15) is 5.52 Å². The Morgan fingerprint density at radius 2 is 2.12 bits per heavy atom. The van der Waals surface area contributed by atoms with E-state index in [-0.39, 0.29) is 17.3 Å². The summed E-state index contributed by atoms with van der Waals surface area (Å²) in [6.45, 7) is 1.18. The zero-order valence-corrected chi connectivity index (χ0v) is 14.0. The number of rotatable bonds is 5. The van der Waals surface area contributed by atoms with Gasteiger partial charge in [0, 0.05) is 0 Å². The fraction of sp³-hybridized carbons (Fsp3) is 0.312. The maximum Gasteiger partial charge on any atom is 0.223 e. The molecule has 4 rings (SSSR count). The van der Waals surface area contributed by atoms with Crippen LogP contribution in [0.5, 0.6) is 0 Å². The third-order valence-corrected chi connectivity index (χ3v) is 4.07. The van der Waals surface area contributed by atoms with E-state index in [9.17, 15) is 0 Å². The van der Waals surface area contributed by atoms with E-state index in [4.69, 9.17) is 31.5 Å². The second kappa shape index (κ2) is 6.93. The van der Waals surface area contributed by atoms with Crippen molar-refractivity contribution < 1.29 is 14.2 Å². The van der Waals surface area contributed by atoms with E-state index in [0.29, 0.717) is 31.0 Å². The van der Waals surface area contributed by atoms with Gasteiger partial charge >= 0.3 is 0 Å². The topological polar surface area (TPSA) is 97.3 Å². The minimum absolute atomic E-state index is 0.0842. The Morgan fingerprint density at radius 1 is 1.28 bits per heavy atom. The molecule has 1 aromatic carbocycles. The normalized spacial score (nSPS) is 20.4. The highest BCUT2D eigenvalue weighted by Gasteiger charge is 2.29. The summed E-state index contributed by atoms with van der Waals surface area (Å²) in [5, 5.41) is 0.211. The Bertz CT molecular complexity index is 873. The largest absolute Gasteiger partial charge is 0.371 e. The minimum atomic E-state index is -0.458. The molecule has 2 N–H and O–H groups in total. The number of benzene rings is 1. The van der Waals surface area contributed by atoms with Crippen molar-refractivity contribution >= 4 is 28.7 Å². The van der Waals surface area contributed by atoms with E-state index in [1.54, 1.807) is 10.9 Å². The Morgan fingerprint density at radius 3 is 2.96 bits per heavy atom. The second-order valence-electron chi connectivity index (χ2n) is 5.55. The molecule has 3 heterocycles. The van der Waals surface area contributed by atoms with Gasteiger partial charge in [0.15, 0.2) is 23.3 Å².